The van der Waals surface area contributed by atoms with E-state index in [4.69, 9.17) is 0 Å². The van der Waals surface area contributed by atoms with Gasteiger partial charge in [-0.3, -0.25) is 0 Å². The van der Waals surface area contributed by atoms with Gasteiger partial charge in [-0.05, 0) is 164 Å². The van der Waals surface area contributed by atoms with Crippen molar-refractivity contribution in [3.05, 3.63) is 290 Å². The zero-order chi connectivity index (χ0) is 57.1. The monoisotopic (exact) mass is 1090 g/mol. The van der Waals surface area contributed by atoms with Crippen LogP contribution in [-0.2, 0) is 12.8 Å². The molecule has 0 radical (unpaired) electrons. The summed E-state index contributed by atoms with van der Waals surface area (Å²) in [7, 11) is 0. The van der Waals surface area contributed by atoms with Gasteiger partial charge in [0.2, 0.25) is 0 Å². The van der Waals surface area contributed by atoms with E-state index >= 15 is 0 Å². The van der Waals surface area contributed by atoms with Crippen LogP contribution < -0.4 is 9.80 Å². The van der Waals surface area contributed by atoms with Crippen molar-refractivity contribution in [3.8, 4) is 66.8 Å². The third-order valence-corrected chi connectivity index (χ3v) is 16.7. The first-order valence-electron chi connectivity index (χ1n) is 31.2. The van der Waals surface area contributed by atoms with Gasteiger partial charge in [-0.25, -0.2) is 0 Å². The lowest BCUT2D eigenvalue weighted by Gasteiger charge is -2.35. The summed E-state index contributed by atoms with van der Waals surface area (Å²) < 4.78 is 0. The molecule has 11 rings (SSSR count). The first-order valence-corrected chi connectivity index (χ1v) is 31.2. The Bertz CT molecular complexity index is 3300. The van der Waals surface area contributed by atoms with Gasteiger partial charge in [-0.1, -0.05) is 296 Å². The number of nitrogens with zero attached hydrogens (tertiary/aromatic N) is 2. The Morgan fingerprint density at radius 2 is 0.440 bits per heavy atom. The predicted molar refractivity (Wildman–Crippen MR) is 363 cm³/mol. The number of hydrogen-bond donors (Lipinski definition) is 0. The molecule has 0 aliphatic rings. The molecule has 0 unspecified atom stereocenters. The summed E-state index contributed by atoms with van der Waals surface area (Å²) in [6, 6.07) is 104. The number of aryl methyl sites for hydroxylation is 2. The normalized spacial score (nSPS) is 11.2. The van der Waals surface area contributed by atoms with Crippen LogP contribution in [0.1, 0.15) is 102 Å². The Morgan fingerprint density at radius 1 is 0.214 bits per heavy atom. The van der Waals surface area contributed by atoms with E-state index < -0.39 is 0 Å². The Hall–Kier alpha value is -8.98. The summed E-state index contributed by atoms with van der Waals surface area (Å²) in [5, 5.41) is 0. The molecular formula is C82H80N2. The predicted octanol–water partition coefficient (Wildman–Crippen LogP) is 24.4. The average molecular weight is 1090 g/mol. The number of unbranched alkanes of at least 4 members (excludes halogenated alkanes) is 10. The largest absolute Gasteiger partial charge is 0.308 e. The van der Waals surface area contributed by atoms with E-state index in [0.717, 1.165) is 47.0 Å². The topological polar surface area (TPSA) is 6.48 Å². The Labute approximate surface area is 501 Å². The first-order chi connectivity index (χ1) is 41.6. The Morgan fingerprint density at radius 3 is 0.702 bits per heavy atom. The number of rotatable bonds is 26. The van der Waals surface area contributed by atoms with E-state index in [1.165, 1.54) is 155 Å². The second kappa shape index (κ2) is 28.8. The van der Waals surface area contributed by atoms with Gasteiger partial charge in [-0.15, -0.1) is 0 Å². The fourth-order valence-corrected chi connectivity index (χ4v) is 11.9. The van der Waals surface area contributed by atoms with Gasteiger partial charge >= 0.3 is 0 Å². The molecule has 0 spiro atoms. The van der Waals surface area contributed by atoms with Gasteiger partial charge in [0.1, 0.15) is 0 Å². The van der Waals surface area contributed by atoms with Crippen LogP contribution >= 0.6 is 0 Å². The van der Waals surface area contributed by atoms with Crippen LogP contribution in [0.5, 0.6) is 0 Å². The molecule has 0 saturated heterocycles. The molecule has 0 aromatic heterocycles. The first kappa shape index (κ1) is 56.9. The minimum atomic E-state index is 1.06. The molecule has 11 aromatic rings. The van der Waals surface area contributed by atoms with Crippen LogP contribution in [0, 0.1) is 0 Å². The summed E-state index contributed by atoms with van der Waals surface area (Å²) in [5.74, 6) is 0. The van der Waals surface area contributed by atoms with E-state index in [9.17, 15) is 0 Å². The summed E-state index contributed by atoms with van der Waals surface area (Å²) in [6.07, 6.45) is 17.7. The fraction of sp³-hybridized carbons (Fsp3) is 0.195. The maximum absolute atomic E-state index is 2.50. The fourth-order valence-electron chi connectivity index (χ4n) is 11.9. The highest BCUT2D eigenvalue weighted by Gasteiger charge is 2.26. The molecule has 0 fully saturated rings. The van der Waals surface area contributed by atoms with Gasteiger partial charge in [-0.2, -0.15) is 0 Å². The average Bonchev–Trinajstić information content (AvgIpc) is 3.05. The number of anilines is 6. The summed E-state index contributed by atoms with van der Waals surface area (Å²) in [6.45, 7) is 4.59. The van der Waals surface area contributed by atoms with Crippen molar-refractivity contribution in [1.82, 2.24) is 0 Å². The quantitative estimate of drug-likeness (QED) is 0.0499. The molecule has 11 aromatic carbocycles. The molecule has 0 N–H and O–H groups in total. The van der Waals surface area contributed by atoms with Gasteiger partial charge < -0.3 is 9.80 Å². The minimum absolute atomic E-state index is 1.06. The lowest BCUT2D eigenvalue weighted by molar-refractivity contribution is 0.607. The summed E-state index contributed by atoms with van der Waals surface area (Å²) in [4.78, 5) is 4.98. The van der Waals surface area contributed by atoms with E-state index in [1.807, 2.05) is 0 Å². The van der Waals surface area contributed by atoms with Crippen molar-refractivity contribution in [1.29, 1.82) is 0 Å². The van der Waals surface area contributed by atoms with E-state index in [-0.39, 0.29) is 0 Å². The molecule has 0 heterocycles. The molecule has 0 amide bonds. The van der Waals surface area contributed by atoms with Crippen LogP contribution in [0.25, 0.3) is 66.8 Å². The zero-order valence-corrected chi connectivity index (χ0v) is 49.4. The standard InChI is InChI=1S/C82H80N2/c1-3-5-7-9-11-17-27-63-37-41-73(42-38-63)79-61-81(83(75-53-45-69(46-54-75)65-29-19-13-20-30-65)76-55-47-70(48-56-76)66-31-21-14-22-32-66)82(62-80(79)74-43-39-64(40-44-74)28-18-12-10-8-6-4-2)84(77-57-49-71(50-58-77)67-33-23-15-24-34-67)78-59-51-72(52-60-78)68-35-25-16-26-36-68/h13-16,19-26,29-62H,3-12,17-18,27-28H2,1-2H3. The van der Waals surface area contributed by atoms with E-state index in [1.54, 1.807) is 0 Å². The van der Waals surface area contributed by atoms with Crippen LogP contribution in [0.15, 0.2) is 279 Å². The maximum Gasteiger partial charge on any atom is 0.0709 e. The third-order valence-electron chi connectivity index (χ3n) is 16.7. The van der Waals surface area contributed by atoms with Crippen LogP contribution in [-0.4, -0.2) is 0 Å². The van der Waals surface area contributed by atoms with Gasteiger partial charge in [0.05, 0.1) is 11.4 Å². The SMILES string of the molecule is CCCCCCCCc1ccc(-c2cc(N(c3ccc(-c4ccccc4)cc3)c3ccc(-c4ccccc4)cc3)c(N(c3ccc(-c4ccccc4)cc3)c3ccc(-c4ccccc4)cc3)cc2-c2ccc(CCCCCCCC)cc2)cc1. The maximum atomic E-state index is 2.50. The van der Waals surface area contributed by atoms with Gasteiger partial charge in [0.25, 0.3) is 0 Å². The second-order valence-corrected chi connectivity index (χ2v) is 22.6. The molecule has 0 atom stereocenters. The van der Waals surface area contributed by atoms with Gasteiger partial charge in [0.15, 0.2) is 0 Å². The highest BCUT2D eigenvalue weighted by molar-refractivity contribution is 5.99. The van der Waals surface area contributed by atoms with Gasteiger partial charge in [0, 0.05) is 22.7 Å². The number of hydrogen-bond acceptors (Lipinski definition) is 2. The molecule has 84 heavy (non-hydrogen) atoms. The third kappa shape index (κ3) is 14.3. The van der Waals surface area contributed by atoms with Crippen molar-refractivity contribution in [2.24, 2.45) is 0 Å². The second-order valence-electron chi connectivity index (χ2n) is 22.6. The van der Waals surface area contributed by atoms with Crippen LogP contribution in [0.2, 0.25) is 0 Å². The smallest absolute Gasteiger partial charge is 0.0709 e. The Balaban J connectivity index is 1.14. The molecule has 0 saturated carbocycles. The molecule has 0 aliphatic carbocycles. The molecule has 0 aliphatic heterocycles. The minimum Gasteiger partial charge on any atom is -0.308 e. The van der Waals surface area contributed by atoms with E-state index in [2.05, 4.69) is 303 Å². The van der Waals surface area contributed by atoms with Crippen molar-refractivity contribution >= 4 is 34.1 Å². The highest BCUT2D eigenvalue weighted by atomic mass is 15.2. The number of benzene rings is 11. The van der Waals surface area contributed by atoms with Crippen LogP contribution in [0.4, 0.5) is 34.1 Å². The Kier molecular flexibility index (Phi) is 19.5. The lowest BCUT2D eigenvalue weighted by atomic mass is 9.90. The molecule has 2 nitrogen and oxygen atoms in total. The summed E-state index contributed by atoms with van der Waals surface area (Å²) >= 11 is 0. The van der Waals surface area contributed by atoms with Crippen molar-refractivity contribution < 1.29 is 0 Å². The zero-order valence-electron chi connectivity index (χ0n) is 49.4. The molecule has 2 heteroatoms. The van der Waals surface area contributed by atoms with Crippen LogP contribution in [0.3, 0.4) is 0 Å². The van der Waals surface area contributed by atoms with Crippen molar-refractivity contribution in [3.63, 3.8) is 0 Å². The van der Waals surface area contributed by atoms with Crippen molar-refractivity contribution in [2.75, 3.05) is 9.80 Å². The molecular weight excluding hydrogens is 1010 g/mol. The lowest BCUT2D eigenvalue weighted by Crippen LogP contribution is -2.17. The molecule has 0 bridgehead atoms. The van der Waals surface area contributed by atoms with E-state index in [0.29, 0.717) is 0 Å². The highest BCUT2D eigenvalue weighted by Crippen LogP contribution is 2.51. The summed E-state index contributed by atoms with van der Waals surface area (Å²) in [5.41, 5.74) is 23.4. The molecule has 418 valence electrons. The van der Waals surface area contributed by atoms with Crippen molar-refractivity contribution in [2.45, 2.75) is 104 Å².